The quantitative estimate of drug-likeness (QED) is 0.294. The lowest BCUT2D eigenvalue weighted by Crippen LogP contribution is -2.20. The van der Waals surface area contributed by atoms with E-state index in [9.17, 15) is 40.7 Å². The predicted octanol–water partition coefficient (Wildman–Crippen LogP) is 5.41. The number of hydrogen-bond donors (Lipinski definition) is 1. The standard InChI is InChI=1S/C24H14F6N2O3/c25-23(26,27)14-6-3-12(4-7-14)16(20-18(24(28,29)30)2-1-9-31-20)11-19(33)13-5-8-15-17(10-13)22(35)32-21(15)34/h1-10,16H,11H2,(H,32,34,35)/t16-/m0/s1. The van der Waals surface area contributed by atoms with Crippen LogP contribution in [0.1, 0.15) is 65.8 Å². The van der Waals surface area contributed by atoms with Crippen molar-refractivity contribution in [1.29, 1.82) is 0 Å². The second-order valence-corrected chi connectivity index (χ2v) is 7.78. The van der Waals surface area contributed by atoms with Crippen molar-refractivity contribution in [3.05, 3.63) is 99.9 Å². The number of ketones is 1. The maximum absolute atomic E-state index is 13.7. The van der Waals surface area contributed by atoms with Crippen LogP contribution in [0.5, 0.6) is 0 Å². The number of nitrogens with one attached hydrogen (secondary N) is 1. The second kappa shape index (κ2) is 8.64. The van der Waals surface area contributed by atoms with E-state index in [1.165, 1.54) is 12.1 Å². The molecule has 4 rings (SSSR count). The minimum absolute atomic E-state index is 0.0182. The molecular formula is C24H14F6N2O3. The summed E-state index contributed by atoms with van der Waals surface area (Å²) in [6, 6.07) is 8.94. The Kier molecular flexibility index (Phi) is 5.95. The summed E-state index contributed by atoms with van der Waals surface area (Å²) in [6.45, 7) is 0. The van der Waals surface area contributed by atoms with Gasteiger partial charge >= 0.3 is 12.4 Å². The van der Waals surface area contributed by atoms with Crippen molar-refractivity contribution in [1.82, 2.24) is 10.3 Å². The van der Waals surface area contributed by atoms with E-state index in [1.54, 1.807) is 0 Å². The van der Waals surface area contributed by atoms with E-state index in [2.05, 4.69) is 10.3 Å². The molecule has 2 heterocycles. The topological polar surface area (TPSA) is 76.1 Å². The van der Waals surface area contributed by atoms with E-state index < -0.39 is 59.1 Å². The van der Waals surface area contributed by atoms with Gasteiger partial charge in [-0.05, 0) is 42.0 Å². The lowest BCUT2D eigenvalue weighted by atomic mass is 9.85. The molecule has 0 radical (unpaired) electrons. The monoisotopic (exact) mass is 492 g/mol. The third-order valence-corrected chi connectivity index (χ3v) is 5.56. The van der Waals surface area contributed by atoms with E-state index in [4.69, 9.17) is 0 Å². The summed E-state index contributed by atoms with van der Waals surface area (Å²) in [5, 5.41) is 2.07. The van der Waals surface area contributed by atoms with Gasteiger partial charge in [0.15, 0.2) is 5.78 Å². The molecule has 0 saturated heterocycles. The van der Waals surface area contributed by atoms with Crippen LogP contribution in [0.4, 0.5) is 26.3 Å². The van der Waals surface area contributed by atoms with Crippen molar-refractivity contribution in [2.75, 3.05) is 0 Å². The van der Waals surface area contributed by atoms with Crippen molar-refractivity contribution < 1.29 is 40.7 Å². The maximum Gasteiger partial charge on any atom is 0.418 e. The number of carbonyl (C=O) groups is 3. The molecule has 180 valence electrons. The van der Waals surface area contributed by atoms with E-state index in [1.807, 2.05) is 0 Å². The van der Waals surface area contributed by atoms with Crippen LogP contribution in [0, 0.1) is 0 Å². The van der Waals surface area contributed by atoms with Crippen LogP contribution >= 0.6 is 0 Å². The van der Waals surface area contributed by atoms with Gasteiger partial charge in [0.05, 0.1) is 27.9 Å². The average molecular weight is 492 g/mol. The predicted molar refractivity (Wildman–Crippen MR) is 110 cm³/mol. The molecule has 0 aliphatic carbocycles. The highest BCUT2D eigenvalue weighted by Crippen LogP contribution is 2.39. The van der Waals surface area contributed by atoms with Gasteiger partial charge in [-0.15, -0.1) is 0 Å². The van der Waals surface area contributed by atoms with Crippen LogP contribution in [0.15, 0.2) is 60.8 Å². The number of halogens is 6. The lowest BCUT2D eigenvalue weighted by Gasteiger charge is -2.21. The van der Waals surface area contributed by atoms with Crippen LogP contribution in [0.25, 0.3) is 0 Å². The number of pyridine rings is 1. The van der Waals surface area contributed by atoms with Crippen LogP contribution in [-0.2, 0) is 12.4 Å². The third kappa shape index (κ3) is 4.79. The Hall–Kier alpha value is -4.02. The maximum atomic E-state index is 13.7. The fraction of sp³-hybridized carbons (Fsp3) is 0.167. The highest BCUT2D eigenvalue weighted by atomic mass is 19.4. The second-order valence-electron chi connectivity index (χ2n) is 7.78. The lowest BCUT2D eigenvalue weighted by molar-refractivity contribution is -0.139. The van der Waals surface area contributed by atoms with E-state index in [-0.39, 0.29) is 22.3 Å². The Morgan fingerprint density at radius 3 is 2.14 bits per heavy atom. The van der Waals surface area contributed by atoms with E-state index in [0.29, 0.717) is 12.1 Å². The molecule has 1 atom stereocenters. The van der Waals surface area contributed by atoms with Gasteiger partial charge in [0.2, 0.25) is 0 Å². The summed E-state index contributed by atoms with van der Waals surface area (Å²) in [4.78, 5) is 40.5. The summed E-state index contributed by atoms with van der Waals surface area (Å²) in [7, 11) is 0. The van der Waals surface area contributed by atoms with Crippen molar-refractivity contribution in [2.45, 2.75) is 24.7 Å². The first-order valence-corrected chi connectivity index (χ1v) is 10.1. The fourth-order valence-corrected chi connectivity index (χ4v) is 3.86. The molecule has 11 heteroatoms. The average Bonchev–Trinajstić information content (AvgIpc) is 3.09. The summed E-state index contributed by atoms with van der Waals surface area (Å²) in [5.41, 5.74) is -2.69. The minimum atomic E-state index is -4.83. The molecule has 0 saturated carbocycles. The molecular weight excluding hydrogens is 478 g/mol. The molecule has 1 aliphatic heterocycles. The number of imide groups is 1. The first-order valence-electron chi connectivity index (χ1n) is 10.1. The minimum Gasteiger partial charge on any atom is -0.294 e. The van der Waals surface area contributed by atoms with Crippen molar-refractivity contribution >= 4 is 17.6 Å². The summed E-state index contributed by atoms with van der Waals surface area (Å²) < 4.78 is 80.0. The Bertz CT molecular complexity index is 1330. The fourth-order valence-electron chi connectivity index (χ4n) is 3.86. The van der Waals surface area contributed by atoms with Crippen LogP contribution in [0.3, 0.4) is 0 Å². The van der Waals surface area contributed by atoms with Gasteiger partial charge in [0, 0.05) is 24.1 Å². The Balaban J connectivity index is 1.76. The first-order chi connectivity index (χ1) is 16.4. The summed E-state index contributed by atoms with van der Waals surface area (Å²) in [6.07, 6.45) is -8.98. The normalized spacial score (nSPS) is 14.5. The number of carbonyl (C=O) groups excluding carboxylic acids is 3. The van der Waals surface area contributed by atoms with Crippen LogP contribution in [0.2, 0.25) is 0 Å². The molecule has 0 bridgehead atoms. The molecule has 3 aromatic rings. The van der Waals surface area contributed by atoms with Crippen molar-refractivity contribution in [3.63, 3.8) is 0 Å². The molecule has 0 spiro atoms. The zero-order valence-electron chi connectivity index (χ0n) is 17.5. The number of alkyl halides is 6. The SMILES string of the molecule is O=C(C[C@@H](c1ccc(C(F)(F)F)cc1)c1ncccc1C(F)(F)F)c1ccc2c(c1)C(=O)NC2=O. The van der Waals surface area contributed by atoms with Gasteiger partial charge in [-0.1, -0.05) is 18.2 Å². The molecule has 1 N–H and O–H groups in total. The smallest absolute Gasteiger partial charge is 0.294 e. The molecule has 0 unspecified atom stereocenters. The first kappa shape index (κ1) is 24.1. The zero-order chi connectivity index (χ0) is 25.5. The highest BCUT2D eigenvalue weighted by molar-refractivity contribution is 6.22. The summed E-state index contributed by atoms with van der Waals surface area (Å²) in [5.74, 6) is -3.40. The Morgan fingerprint density at radius 1 is 0.857 bits per heavy atom. The number of aromatic nitrogens is 1. The molecule has 0 fully saturated rings. The zero-order valence-corrected chi connectivity index (χ0v) is 17.5. The van der Waals surface area contributed by atoms with E-state index in [0.717, 1.165) is 36.5 Å². The van der Waals surface area contributed by atoms with E-state index >= 15 is 0 Å². The third-order valence-electron chi connectivity index (χ3n) is 5.56. The molecule has 2 aromatic carbocycles. The Morgan fingerprint density at radius 2 is 1.51 bits per heavy atom. The molecule has 35 heavy (non-hydrogen) atoms. The number of nitrogens with zero attached hydrogens (tertiary/aromatic N) is 1. The largest absolute Gasteiger partial charge is 0.418 e. The van der Waals surface area contributed by atoms with Crippen molar-refractivity contribution in [3.8, 4) is 0 Å². The van der Waals surface area contributed by atoms with Crippen LogP contribution in [-0.4, -0.2) is 22.6 Å². The molecule has 1 aliphatic rings. The number of fused-ring (bicyclic) bond motifs is 1. The van der Waals surface area contributed by atoms with Gasteiger partial charge in [0.25, 0.3) is 11.8 Å². The number of hydrogen-bond acceptors (Lipinski definition) is 4. The summed E-state index contributed by atoms with van der Waals surface area (Å²) >= 11 is 0. The van der Waals surface area contributed by atoms with Gasteiger partial charge in [-0.25, -0.2) is 0 Å². The molecule has 1 aromatic heterocycles. The van der Waals surface area contributed by atoms with Gasteiger partial charge in [-0.3, -0.25) is 24.7 Å². The molecule has 2 amide bonds. The van der Waals surface area contributed by atoms with Gasteiger partial charge in [-0.2, -0.15) is 26.3 Å². The van der Waals surface area contributed by atoms with Gasteiger partial charge in [0.1, 0.15) is 0 Å². The molecule has 5 nitrogen and oxygen atoms in total. The van der Waals surface area contributed by atoms with Crippen LogP contribution < -0.4 is 5.32 Å². The number of rotatable bonds is 5. The number of amides is 2. The van der Waals surface area contributed by atoms with Crippen molar-refractivity contribution in [2.24, 2.45) is 0 Å². The number of Topliss-reactive ketones (excluding diaryl/α,β-unsaturated/α-hetero) is 1. The Labute approximate surface area is 193 Å². The highest BCUT2D eigenvalue weighted by Gasteiger charge is 2.38. The number of benzene rings is 2. The van der Waals surface area contributed by atoms with Gasteiger partial charge < -0.3 is 0 Å².